The Morgan fingerprint density at radius 2 is 2.00 bits per heavy atom. The van der Waals surface area contributed by atoms with Gasteiger partial charge in [0.25, 0.3) is 0 Å². The number of para-hydroxylation sites is 1. The van der Waals surface area contributed by atoms with Crippen molar-refractivity contribution in [1.82, 2.24) is 0 Å². The van der Waals surface area contributed by atoms with Gasteiger partial charge in [0, 0.05) is 11.9 Å². The van der Waals surface area contributed by atoms with Crippen molar-refractivity contribution in [2.75, 3.05) is 4.90 Å². The first-order valence-electron chi connectivity index (χ1n) is 5.92. The second-order valence-corrected chi connectivity index (χ2v) is 4.52. The predicted octanol–water partition coefficient (Wildman–Crippen LogP) is 4.14. The summed E-state index contributed by atoms with van der Waals surface area (Å²) in [5, 5.41) is 0. The van der Waals surface area contributed by atoms with Gasteiger partial charge in [-0.05, 0) is 38.8 Å². The molecule has 0 fully saturated rings. The van der Waals surface area contributed by atoms with Crippen molar-refractivity contribution in [3.63, 3.8) is 0 Å². The van der Waals surface area contributed by atoms with Crippen LogP contribution in [0.15, 0.2) is 54.3 Å². The van der Waals surface area contributed by atoms with Crippen LogP contribution in [0.3, 0.4) is 0 Å². The molecule has 0 saturated carbocycles. The van der Waals surface area contributed by atoms with Crippen LogP contribution in [0, 0.1) is 0 Å². The highest BCUT2D eigenvalue weighted by Gasteiger charge is 2.16. The Morgan fingerprint density at radius 3 is 2.56 bits per heavy atom. The van der Waals surface area contributed by atoms with E-state index in [1.54, 1.807) is 0 Å². The molecule has 1 aliphatic rings. The van der Waals surface area contributed by atoms with Crippen molar-refractivity contribution in [3.8, 4) is 0 Å². The number of rotatable bonds is 3. The van der Waals surface area contributed by atoms with E-state index in [2.05, 4.69) is 67.4 Å². The van der Waals surface area contributed by atoms with Gasteiger partial charge in [-0.15, -0.1) is 0 Å². The molecule has 1 aromatic rings. The predicted molar refractivity (Wildman–Crippen MR) is 70.5 cm³/mol. The molecule has 0 spiro atoms. The third-order valence-electron chi connectivity index (χ3n) is 2.80. The molecular weight excluding hydrogens is 194 g/mol. The zero-order valence-electron chi connectivity index (χ0n) is 10.1. The second kappa shape index (κ2) is 5.02. The average molecular weight is 213 g/mol. The minimum absolute atomic E-state index is 0.525. The minimum Gasteiger partial charge on any atom is -0.341 e. The van der Waals surface area contributed by atoms with Crippen LogP contribution in [0.2, 0.25) is 0 Å². The zero-order valence-corrected chi connectivity index (χ0v) is 10.1. The summed E-state index contributed by atoms with van der Waals surface area (Å²) in [5.74, 6) is 0. The van der Waals surface area contributed by atoms with Crippen LogP contribution in [0.5, 0.6) is 0 Å². The van der Waals surface area contributed by atoms with Crippen molar-refractivity contribution in [2.45, 2.75) is 32.7 Å². The van der Waals surface area contributed by atoms with E-state index in [0.29, 0.717) is 6.04 Å². The van der Waals surface area contributed by atoms with Crippen LogP contribution >= 0.6 is 0 Å². The van der Waals surface area contributed by atoms with E-state index in [1.165, 1.54) is 24.1 Å². The van der Waals surface area contributed by atoms with Gasteiger partial charge in [0.05, 0.1) is 6.04 Å². The molecular formula is C15H19N. The largest absolute Gasteiger partial charge is 0.341 e. The van der Waals surface area contributed by atoms with Gasteiger partial charge >= 0.3 is 0 Å². The maximum atomic E-state index is 2.37. The molecule has 84 valence electrons. The summed E-state index contributed by atoms with van der Waals surface area (Å²) < 4.78 is 0. The summed E-state index contributed by atoms with van der Waals surface area (Å²) >= 11 is 0. The first-order chi connectivity index (χ1) is 7.77. The zero-order chi connectivity index (χ0) is 11.4. The fraction of sp³-hybridized carbons (Fsp3) is 0.333. The Kier molecular flexibility index (Phi) is 3.45. The number of hydrogen-bond donors (Lipinski definition) is 0. The molecule has 0 radical (unpaired) electrons. The Labute approximate surface area is 98.1 Å². The lowest BCUT2D eigenvalue weighted by atomic mass is 10.2. The third kappa shape index (κ3) is 2.54. The fourth-order valence-electron chi connectivity index (χ4n) is 2.09. The van der Waals surface area contributed by atoms with E-state index >= 15 is 0 Å². The molecule has 0 aromatic heterocycles. The maximum absolute atomic E-state index is 2.37. The van der Waals surface area contributed by atoms with Crippen LogP contribution in [-0.2, 0) is 0 Å². The van der Waals surface area contributed by atoms with E-state index in [1.807, 2.05) is 0 Å². The van der Waals surface area contributed by atoms with Gasteiger partial charge in [0.15, 0.2) is 0 Å². The number of nitrogens with zero attached hydrogens (tertiary/aromatic N) is 1. The van der Waals surface area contributed by atoms with Gasteiger partial charge in [-0.2, -0.15) is 0 Å². The molecule has 0 amide bonds. The Morgan fingerprint density at radius 1 is 1.25 bits per heavy atom. The number of anilines is 1. The maximum Gasteiger partial charge on any atom is 0.0519 e. The molecule has 0 N–H and O–H groups in total. The molecule has 0 saturated heterocycles. The second-order valence-electron chi connectivity index (χ2n) is 4.52. The first kappa shape index (κ1) is 11.0. The molecule has 1 nitrogen and oxygen atoms in total. The summed E-state index contributed by atoms with van der Waals surface area (Å²) in [6.07, 6.45) is 9.25. The molecule has 0 bridgehead atoms. The number of hydrogen-bond acceptors (Lipinski definition) is 1. The molecule has 1 aromatic carbocycles. The molecule has 16 heavy (non-hydrogen) atoms. The van der Waals surface area contributed by atoms with Crippen molar-refractivity contribution < 1.29 is 0 Å². The highest BCUT2D eigenvalue weighted by atomic mass is 15.1. The lowest BCUT2D eigenvalue weighted by Crippen LogP contribution is -2.27. The number of allylic oxidation sites excluding steroid dienone is 2. The van der Waals surface area contributed by atoms with Gasteiger partial charge < -0.3 is 4.90 Å². The number of benzene rings is 1. The topological polar surface area (TPSA) is 3.24 Å². The van der Waals surface area contributed by atoms with Gasteiger partial charge in [-0.1, -0.05) is 35.9 Å². The van der Waals surface area contributed by atoms with Crippen molar-refractivity contribution in [2.24, 2.45) is 0 Å². The van der Waals surface area contributed by atoms with Crippen molar-refractivity contribution in [3.05, 3.63) is 54.3 Å². The smallest absolute Gasteiger partial charge is 0.0519 e. The standard InChI is InChI=1S/C15H19N/c1-13(2)12-16(15-10-6-7-11-15)14-8-4-3-5-9-14/h3-6,8-10,12,15H,7,11H2,1-2H3. The fourth-order valence-corrected chi connectivity index (χ4v) is 2.09. The van der Waals surface area contributed by atoms with E-state index in [4.69, 9.17) is 0 Å². The van der Waals surface area contributed by atoms with Gasteiger partial charge in [-0.25, -0.2) is 0 Å². The molecule has 1 unspecified atom stereocenters. The summed E-state index contributed by atoms with van der Waals surface area (Å²) in [4.78, 5) is 2.37. The first-order valence-corrected chi connectivity index (χ1v) is 5.92. The van der Waals surface area contributed by atoms with Crippen LogP contribution < -0.4 is 4.90 Å². The van der Waals surface area contributed by atoms with E-state index < -0.39 is 0 Å². The highest BCUT2D eigenvalue weighted by Crippen LogP contribution is 2.24. The van der Waals surface area contributed by atoms with Gasteiger partial charge in [0.2, 0.25) is 0 Å². The van der Waals surface area contributed by atoms with Crippen molar-refractivity contribution >= 4 is 5.69 Å². The molecule has 1 atom stereocenters. The van der Waals surface area contributed by atoms with Crippen LogP contribution in [-0.4, -0.2) is 6.04 Å². The lowest BCUT2D eigenvalue weighted by Gasteiger charge is -2.27. The van der Waals surface area contributed by atoms with Crippen LogP contribution in [0.1, 0.15) is 26.7 Å². The molecule has 1 heteroatoms. The summed E-state index contributed by atoms with van der Waals surface area (Å²) in [6, 6.07) is 11.1. The average Bonchev–Trinajstić information content (AvgIpc) is 2.80. The quantitative estimate of drug-likeness (QED) is 0.682. The lowest BCUT2D eigenvalue weighted by molar-refractivity contribution is 0.742. The van der Waals surface area contributed by atoms with E-state index in [0.717, 1.165) is 0 Å². The van der Waals surface area contributed by atoms with Crippen LogP contribution in [0.25, 0.3) is 0 Å². The van der Waals surface area contributed by atoms with Crippen molar-refractivity contribution in [1.29, 1.82) is 0 Å². The highest BCUT2D eigenvalue weighted by molar-refractivity contribution is 5.52. The minimum atomic E-state index is 0.525. The molecule has 0 heterocycles. The van der Waals surface area contributed by atoms with Gasteiger partial charge in [-0.3, -0.25) is 0 Å². The third-order valence-corrected chi connectivity index (χ3v) is 2.80. The Bertz CT molecular complexity index is 385. The normalized spacial score (nSPS) is 18.5. The SMILES string of the molecule is CC(C)=CN(c1ccccc1)C1C=CCC1. The van der Waals surface area contributed by atoms with E-state index in [9.17, 15) is 0 Å². The Hall–Kier alpha value is -1.50. The molecule has 1 aliphatic carbocycles. The van der Waals surface area contributed by atoms with Gasteiger partial charge in [0.1, 0.15) is 0 Å². The summed E-state index contributed by atoms with van der Waals surface area (Å²) in [7, 11) is 0. The summed E-state index contributed by atoms with van der Waals surface area (Å²) in [5.41, 5.74) is 2.62. The van der Waals surface area contributed by atoms with Crippen LogP contribution in [0.4, 0.5) is 5.69 Å². The molecule has 0 aliphatic heterocycles. The van der Waals surface area contributed by atoms with E-state index in [-0.39, 0.29) is 0 Å². The summed E-state index contributed by atoms with van der Waals surface area (Å²) in [6.45, 7) is 4.29. The molecule has 2 rings (SSSR count). The Balaban J connectivity index is 2.28. The monoisotopic (exact) mass is 213 g/mol.